The number of benzene rings is 1. The van der Waals surface area contributed by atoms with Gasteiger partial charge < -0.3 is 19.3 Å². The number of hydrogen-bond donors (Lipinski definition) is 0. The molecule has 0 amide bonds. The summed E-state index contributed by atoms with van der Waals surface area (Å²) in [6, 6.07) is 8.93. The minimum atomic E-state index is -1.32. The molecular formula is C24H31FN4O2S. The van der Waals surface area contributed by atoms with E-state index in [-0.39, 0.29) is 19.8 Å². The first kappa shape index (κ1) is 20.8. The molecule has 1 atom stereocenters. The Bertz CT molecular complexity index is 924. The Hall–Kier alpha value is -1.77. The third kappa shape index (κ3) is 3.90. The standard InChI is InChI=1S/C24H31FN4O2S/c25-24(14-30-15-24)16-31-21-4-2-1-3-20(21)18-6-9-28(10-7-18)19-5-8-23(11-19)12-29(13-23)22-27-26-17-32-22/h1-4,17-19H,5-16H2. The average molecular weight is 459 g/mol. The normalized spacial score (nSPS) is 27.3. The van der Waals surface area contributed by atoms with Gasteiger partial charge in [-0.2, -0.15) is 0 Å². The minimum Gasteiger partial charge on any atom is -0.490 e. The summed E-state index contributed by atoms with van der Waals surface area (Å²) in [4.78, 5) is 5.12. The smallest absolute Gasteiger partial charge is 0.208 e. The number of rotatable bonds is 6. The molecule has 8 heteroatoms. The number of ether oxygens (including phenoxy) is 2. The van der Waals surface area contributed by atoms with Crippen molar-refractivity contribution in [2.24, 2.45) is 5.41 Å². The van der Waals surface area contributed by atoms with Crippen molar-refractivity contribution in [2.75, 3.05) is 50.9 Å². The molecule has 32 heavy (non-hydrogen) atoms. The molecule has 3 aliphatic heterocycles. The minimum absolute atomic E-state index is 0.0844. The van der Waals surface area contributed by atoms with Crippen LogP contribution in [0.4, 0.5) is 9.52 Å². The molecule has 1 aromatic carbocycles. The summed E-state index contributed by atoms with van der Waals surface area (Å²) in [5.41, 5.74) is 2.23. The lowest BCUT2D eigenvalue weighted by atomic mass is 9.78. The van der Waals surface area contributed by atoms with E-state index < -0.39 is 5.67 Å². The van der Waals surface area contributed by atoms with E-state index in [0.717, 1.165) is 49.9 Å². The van der Waals surface area contributed by atoms with Gasteiger partial charge in [-0.05, 0) is 62.7 Å². The van der Waals surface area contributed by atoms with Crippen LogP contribution in [0.15, 0.2) is 29.8 Å². The van der Waals surface area contributed by atoms with E-state index in [1.54, 1.807) is 11.3 Å². The predicted octanol–water partition coefficient (Wildman–Crippen LogP) is 3.89. The van der Waals surface area contributed by atoms with Crippen LogP contribution in [0.5, 0.6) is 5.75 Å². The molecule has 3 saturated heterocycles. The lowest BCUT2D eigenvalue weighted by Gasteiger charge is -2.48. The van der Waals surface area contributed by atoms with E-state index in [4.69, 9.17) is 9.47 Å². The zero-order valence-corrected chi connectivity index (χ0v) is 19.2. The largest absolute Gasteiger partial charge is 0.490 e. The second-order valence-corrected chi connectivity index (χ2v) is 11.1. The van der Waals surface area contributed by atoms with Gasteiger partial charge in [-0.15, -0.1) is 10.2 Å². The van der Waals surface area contributed by atoms with E-state index in [1.165, 1.54) is 24.8 Å². The highest BCUT2D eigenvalue weighted by molar-refractivity contribution is 7.13. The molecule has 172 valence electrons. The van der Waals surface area contributed by atoms with E-state index in [2.05, 4.69) is 32.1 Å². The number of aromatic nitrogens is 2. The summed E-state index contributed by atoms with van der Waals surface area (Å²) in [6.45, 7) is 4.94. The number of likely N-dealkylation sites (tertiary alicyclic amines) is 1. The maximum absolute atomic E-state index is 14.3. The molecule has 2 aromatic rings. The van der Waals surface area contributed by atoms with Gasteiger partial charge in [0, 0.05) is 24.5 Å². The Balaban J connectivity index is 1.02. The summed E-state index contributed by atoms with van der Waals surface area (Å²) < 4.78 is 25.3. The third-order valence-electron chi connectivity index (χ3n) is 7.96. The SMILES string of the molecule is FC1(COc2ccccc2C2CCN(C3CCC4(C3)CN(c3nncs3)C4)CC2)COC1. The van der Waals surface area contributed by atoms with Crippen LogP contribution in [-0.4, -0.2) is 72.8 Å². The first-order valence-electron chi connectivity index (χ1n) is 11.9. The summed E-state index contributed by atoms with van der Waals surface area (Å²) in [5, 5.41) is 9.28. The van der Waals surface area contributed by atoms with Gasteiger partial charge >= 0.3 is 0 Å². The van der Waals surface area contributed by atoms with E-state index in [9.17, 15) is 4.39 Å². The fraction of sp³-hybridized carbons (Fsp3) is 0.667. The van der Waals surface area contributed by atoms with Gasteiger partial charge in [0.05, 0.1) is 13.2 Å². The number of anilines is 1. The number of nitrogens with zero attached hydrogens (tertiary/aromatic N) is 4. The van der Waals surface area contributed by atoms with Crippen molar-refractivity contribution in [3.8, 4) is 5.75 Å². The highest BCUT2D eigenvalue weighted by Gasteiger charge is 2.50. The van der Waals surface area contributed by atoms with Gasteiger partial charge in [0.15, 0.2) is 5.67 Å². The molecule has 1 unspecified atom stereocenters. The van der Waals surface area contributed by atoms with E-state index in [0.29, 0.717) is 17.4 Å². The van der Waals surface area contributed by atoms with Crippen molar-refractivity contribution in [3.63, 3.8) is 0 Å². The maximum atomic E-state index is 14.3. The van der Waals surface area contributed by atoms with Gasteiger partial charge in [-0.1, -0.05) is 29.5 Å². The third-order valence-corrected chi connectivity index (χ3v) is 8.71. The Labute approximate surface area is 192 Å². The molecule has 1 aromatic heterocycles. The lowest BCUT2D eigenvalue weighted by molar-refractivity contribution is -0.146. The van der Waals surface area contributed by atoms with Gasteiger partial charge in [0.1, 0.15) is 17.9 Å². The van der Waals surface area contributed by atoms with Gasteiger partial charge in [-0.25, -0.2) is 4.39 Å². The zero-order chi connectivity index (χ0) is 21.6. The molecule has 4 aliphatic rings. The summed E-state index contributed by atoms with van der Waals surface area (Å²) in [7, 11) is 0. The van der Waals surface area contributed by atoms with Crippen LogP contribution in [0, 0.1) is 5.41 Å². The second kappa shape index (κ2) is 8.22. The highest BCUT2D eigenvalue weighted by Crippen LogP contribution is 2.49. The van der Waals surface area contributed by atoms with Crippen LogP contribution in [0.2, 0.25) is 0 Å². The molecule has 6 nitrogen and oxygen atoms in total. The predicted molar refractivity (Wildman–Crippen MR) is 122 cm³/mol. The van der Waals surface area contributed by atoms with Crippen LogP contribution in [0.3, 0.4) is 0 Å². The Morgan fingerprint density at radius 3 is 2.69 bits per heavy atom. The summed E-state index contributed by atoms with van der Waals surface area (Å²) in [5.74, 6) is 1.34. The molecule has 0 N–H and O–H groups in total. The summed E-state index contributed by atoms with van der Waals surface area (Å²) >= 11 is 1.64. The fourth-order valence-electron chi connectivity index (χ4n) is 6.12. The van der Waals surface area contributed by atoms with Crippen molar-refractivity contribution in [1.29, 1.82) is 0 Å². The van der Waals surface area contributed by atoms with Crippen molar-refractivity contribution in [1.82, 2.24) is 15.1 Å². The zero-order valence-electron chi connectivity index (χ0n) is 18.4. The molecule has 0 bridgehead atoms. The lowest BCUT2D eigenvalue weighted by Crippen LogP contribution is -2.56. The van der Waals surface area contributed by atoms with Crippen molar-refractivity contribution >= 4 is 16.5 Å². The molecule has 1 spiro atoms. The molecule has 1 aliphatic carbocycles. The first-order chi connectivity index (χ1) is 15.6. The molecule has 4 fully saturated rings. The van der Waals surface area contributed by atoms with Crippen LogP contribution >= 0.6 is 11.3 Å². The number of para-hydroxylation sites is 1. The maximum Gasteiger partial charge on any atom is 0.208 e. The summed E-state index contributed by atoms with van der Waals surface area (Å²) in [6.07, 6.45) is 6.25. The topological polar surface area (TPSA) is 50.7 Å². The van der Waals surface area contributed by atoms with Crippen LogP contribution in [-0.2, 0) is 4.74 Å². The number of hydrogen-bond acceptors (Lipinski definition) is 7. The highest BCUT2D eigenvalue weighted by atomic mass is 32.1. The van der Waals surface area contributed by atoms with E-state index in [1.807, 2.05) is 17.6 Å². The van der Waals surface area contributed by atoms with Crippen molar-refractivity contribution in [2.45, 2.75) is 49.7 Å². The second-order valence-electron chi connectivity index (χ2n) is 10.3. The molecule has 6 rings (SSSR count). The number of halogens is 1. The fourth-order valence-corrected chi connectivity index (χ4v) is 6.68. The van der Waals surface area contributed by atoms with Gasteiger partial charge in [0.2, 0.25) is 5.13 Å². The van der Waals surface area contributed by atoms with Gasteiger partial charge in [-0.3, -0.25) is 0 Å². The molecule has 0 radical (unpaired) electrons. The number of alkyl halides is 1. The molecular weight excluding hydrogens is 427 g/mol. The Morgan fingerprint density at radius 2 is 1.97 bits per heavy atom. The van der Waals surface area contributed by atoms with Crippen LogP contribution in [0.25, 0.3) is 0 Å². The number of piperidine rings is 1. The molecule has 1 saturated carbocycles. The Morgan fingerprint density at radius 1 is 1.16 bits per heavy atom. The Kier molecular flexibility index (Phi) is 5.35. The van der Waals surface area contributed by atoms with Crippen LogP contribution < -0.4 is 9.64 Å². The monoisotopic (exact) mass is 458 g/mol. The quantitative estimate of drug-likeness (QED) is 0.655. The van der Waals surface area contributed by atoms with Crippen LogP contribution in [0.1, 0.15) is 43.6 Å². The molecule has 4 heterocycles. The van der Waals surface area contributed by atoms with Crippen molar-refractivity contribution < 1.29 is 13.9 Å². The van der Waals surface area contributed by atoms with E-state index >= 15 is 0 Å². The van der Waals surface area contributed by atoms with Crippen molar-refractivity contribution in [3.05, 3.63) is 35.3 Å². The first-order valence-corrected chi connectivity index (χ1v) is 12.7. The average Bonchev–Trinajstić information content (AvgIpc) is 3.46. The van der Waals surface area contributed by atoms with Gasteiger partial charge in [0.25, 0.3) is 0 Å².